The average Bonchev–Trinajstić information content (AvgIpc) is 2.58. The number of aromatic hydroxyl groups is 2. The predicted octanol–water partition coefficient (Wildman–Crippen LogP) is 9.32. The number of hydrogen-bond acceptors (Lipinski definition) is 2. The number of phenolic OH excluding ortho intramolecular Hbond substituents is 2. The van der Waals surface area contributed by atoms with Crippen LogP contribution in [0.1, 0.15) is 0 Å². The fourth-order valence-corrected chi connectivity index (χ4v) is 3.44. The van der Waals surface area contributed by atoms with E-state index >= 15 is 0 Å². The molecule has 0 radical (unpaired) electrons. The van der Waals surface area contributed by atoms with Gasteiger partial charge in [-0.15, -0.1) is 0 Å². The zero-order valence-corrected chi connectivity index (χ0v) is 21.9. The van der Waals surface area contributed by atoms with Gasteiger partial charge in [0.15, 0.2) is 11.5 Å². The van der Waals surface area contributed by atoms with Crippen LogP contribution >= 0.6 is 116 Å². The van der Waals surface area contributed by atoms with Crippen LogP contribution < -0.4 is 0 Å². The molecule has 2 aromatic carbocycles. The second kappa shape index (κ2) is 10.9. The maximum atomic E-state index is 9.20. The molecule has 0 fully saturated rings. The van der Waals surface area contributed by atoms with Gasteiger partial charge in [0, 0.05) is 19.5 Å². The Balaban J connectivity index is 0.000000443. The quantitative estimate of drug-likeness (QED) is 0.180. The maximum absolute atomic E-state index is 9.20. The minimum Gasteiger partial charge on any atom is -0.505 e. The molecule has 134 valence electrons. The standard InChI is InChI=1S/2C6HCl5O.Zn/c2*7-1-2(8)4(10)6(12)5(11)3(1)9;/h2*12H;. The van der Waals surface area contributed by atoms with Gasteiger partial charge in [-0.05, 0) is 0 Å². The van der Waals surface area contributed by atoms with Crippen molar-refractivity contribution in [2.75, 3.05) is 0 Å². The number of benzene rings is 2. The first-order valence-corrected chi connectivity index (χ1v) is 9.12. The Bertz CT molecular complexity index is 534. The summed E-state index contributed by atoms with van der Waals surface area (Å²) in [6.07, 6.45) is 0. The summed E-state index contributed by atoms with van der Waals surface area (Å²) in [6.45, 7) is 0. The van der Waals surface area contributed by atoms with Gasteiger partial charge in [-0.25, -0.2) is 0 Å². The van der Waals surface area contributed by atoms with Gasteiger partial charge >= 0.3 is 0 Å². The first-order chi connectivity index (χ1) is 10.9. The third-order valence-electron chi connectivity index (χ3n) is 2.37. The Kier molecular flexibility index (Phi) is 11.6. The SMILES string of the molecule is Oc1c(Cl)c(Cl)c(Cl)c(Cl)c1Cl.Oc1c(Cl)c(Cl)c(Cl)c(Cl)c1Cl.[Zn]. The van der Waals surface area contributed by atoms with E-state index in [9.17, 15) is 10.2 Å². The molecule has 0 aliphatic rings. The van der Waals surface area contributed by atoms with E-state index in [0.717, 1.165) is 0 Å². The summed E-state index contributed by atoms with van der Waals surface area (Å²) in [5, 5.41) is 18.0. The molecule has 0 aliphatic heterocycles. The predicted molar refractivity (Wildman–Crippen MR) is 106 cm³/mol. The molecule has 0 aromatic heterocycles. The summed E-state index contributed by atoms with van der Waals surface area (Å²) in [5.41, 5.74) is 0. The summed E-state index contributed by atoms with van der Waals surface area (Å²) in [5.74, 6) is -0.726. The Hall–Kier alpha value is 1.56. The van der Waals surface area contributed by atoms with Crippen molar-refractivity contribution < 1.29 is 29.7 Å². The molecule has 0 unspecified atom stereocenters. The van der Waals surface area contributed by atoms with Crippen LogP contribution in [0.5, 0.6) is 11.5 Å². The van der Waals surface area contributed by atoms with E-state index in [1.165, 1.54) is 0 Å². The van der Waals surface area contributed by atoms with Gasteiger partial charge in [-0.1, -0.05) is 116 Å². The largest absolute Gasteiger partial charge is 0.505 e. The van der Waals surface area contributed by atoms with Crippen LogP contribution in [0.15, 0.2) is 0 Å². The van der Waals surface area contributed by atoms with Crippen LogP contribution in [-0.2, 0) is 19.5 Å². The summed E-state index contributed by atoms with van der Waals surface area (Å²) < 4.78 is 0. The monoisotopic (exact) mass is 592 g/mol. The summed E-state index contributed by atoms with van der Waals surface area (Å²) in [6, 6.07) is 0. The Morgan fingerprint density at radius 1 is 0.320 bits per heavy atom. The average molecular weight is 598 g/mol. The van der Waals surface area contributed by atoms with Gasteiger partial charge in [0.1, 0.15) is 20.1 Å². The van der Waals surface area contributed by atoms with Gasteiger partial charge in [0.05, 0.1) is 30.1 Å². The minimum atomic E-state index is -0.363. The van der Waals surface area contributed by atoms with Crippen molar-refractivity contribution in [1.29, 1.82) is 0 Å². The zero-order chi connectivity index (χ0) is 18.9. The normalized spacial score (nSPS) is 10.0. The fraction of sp³-hybridized carbons (Fsp3) is 0. The number of phenols is 2. The van der Waals surface area contributed by atoms with E-state index in [0.29, 0.717) is 0 Å². The van der Waals surface area contributed by atoms with E-state index < -0.39 is 0 Å². The smallest absolute Gasteiger partial charge is 0.155 e. The molecule has 25 heavy (non-hydrogen) atoms. The molecule has 0 aliphatic carbocycles. The molecular formula is C12H2Cl10O2Zn. The van der Waals surface area contributed by atoms with Gasteiger partial charge < -0.3 is 10.2 Å². The molecule has 0 saturated heterocycles. The summed E-state index contributed by atoms with van der Waals surface area (Å²) in [7, 11) is 0. The van der Waals surface area contributed by atoms with E-state index in [1.807, 2.05) is 0 Å². The van der Waals surface area contributed by atoms with Crippen molar-refractivity contribution in [2.45, 2.75) is 0 Å². The van der Waals surface area contributed by atoms with E-state index in [-0.39, 0.29) is 81.2 Å². The Morgan fingerprint density at radius 3 is 0.600 bits per heavy atom. The van der Waals surface area contributed by atoms with Gasteiger partial charge in [0.2, 0.25) is 0 Å². The number of hydrogen-bond donors (Lipinski definition) is 2. The van der Waals surface area contributed by atoms with E-state index in [1.54, 1.807) is 0 Å². The second-order valence-corrected chi connectivity index (χ2v) is 7.62. The fourth-order valence-electron chi connectivity index (χ4n) is 1.19. The number of halogens is 10. The van der Waals surface area contributed by atoms with Crippen LogP contribution in [0.4, 0.5) is 0 Å². The van der Waals surface area contributed by atoms with Crippen molar-refractivity contribution in [3.8, 4) is 11.5 Å². The van der Waals surface area contributed by atoms with Crippen LogP contribution in [0.25, 0.3) is 0 Å². The first-order valence-electron chi connectivity index (χ1n) is 5.34. The summed E-state index contributed by atoms with van der Waals surface area (Å²) in [4.78, 5) is 0. The molecule has 0 atom stereocenters. The Labute approximate surface area is 205 Å². The van der Waals surface area contributed by atoms with Crippen molar-refractivity contribution in [2.24, 2.45) is 0 Å². The molecule has 2 nitrogen and oxygen atoms in total. The van der Waals surface area contributed by atoms with E-state index in [2.05, 4.69) is 0 Å². The van der Waals surface area contributed by atoms with Gasteiger partial charge in [-0.3, -0.25) is 0 Å². The molecule has 0 spiro atoms. The number of rotatable bonds is 0. The molecule has 2 aromatic rings. The van der Waals surface area contributed by atoms with Crippen molar-refractivity contribution in [3.05, 3.63) is 50.2 Å². The van der Waals surface area contributed by atoms with Crippen molar-refractivity contribution in [3.63, 3.8) is 0 Å². The van der Waals surface area contributed by atoms with Gasteiger partial charge in [-0.2, -0.15) is 0 Å². The topological polar surface area (TPSA) is 40.5 Å². The van der Waals surface area contributed by atoms with E-state index in [4.69, 9.17) is 116 Å². The molecule has 0 heterocycles. The molecule has 2 N–H and O–H groups in total. The molecule has 0 amide bonds. The van der Waals surface area contributed by atoms with Crippen LogP contribution in [0, 0.1) is 0 Å². The molecule has 13 heteroatoms. The van der Waals surface area contributed by atoms with Crippen LogP contribution in [-0.4, -0.2) is 10.2 Å². The summed E-state index contributed by atoms with van der Waals surface area (Å²) >= 11 is 55.8. The van der Waals surface area contributed by atoms with Gasteiger partial charge in [0.25, 0.3) is 0 Å². The molecule has 2 rings (SSSR count). The van der Waals surface area contributed by atoms with Crippen molar-refractivity contribution >= 4 is 116 Å². The minimum absolute atomic E-state index is 0. The third kappa shape index (κ3) is 5.78. The molecular weight excluding hydrogens is 596 g/mol. The molecule has 0 bridgehead atoms. The van der Waals surface area contributed by atoms with Crippen LogP contribution in [0.2, 0.25) is 50.2 Å². The van der Waals surface area contributed by atoms with Crippen molar-refractivity contribution in [1.82, 2.24) is 0 Å². The zero-order valence-electron chi connectivity index (χ0n) is 11.4. The maximum Gasteiger partial charge on any atom is 0.155 e. The van der Waals surface area contributed by atoms with Crippen LogP contribution in [0.3, 0.4) is 0 Å². The Morgan fingerprint density at radius 2 is 0.440 bits per heavy atom. The molecule has 0 saturated carbocycles. The first kappa shape index (κ1) is 26.6. The third-order valence-corrected chi connectivity index (χ3v) is 6.89. The second-order valence-electron chi connectivity index (χ2n) is 3.84.